The average Bonchev–Trinajstić information content (AvgIpc) is 2.78. The third-order valence-corrected chi connectivity index (χ3v) is 7.37. The highest BCUT2D eigenvalue weighted by molar-refractivity contribution is 8.07. The number of anilines is 1. The molecule has 0 bridgehead atoms. The first-order valence-electron chi connectivity index (χ1n) is 7.24. The molecule has 4 rings (SSSR count). The summed E-state index contributed by atoms with van der Waals surface area (Å²) in [6.07, 6.45) is -0.851. The van der Waals surface area contributed by atoms with Crippen molar-refractivity contribution < 1.29 is 9.90 Å². The summed E-state index contributed by atoms with van der Waals surface area (Å²) in [5.41, 5.74) is 1.47. The molecule has 0 aliphatic carbocycles. The van der Waals surface area contributed by atoms with Crippen molar-refractivity contribution in [3.8, 4) is 0 Å². The SMILES string of the molecule is Cc1cc(Cl)nc2nc(N3C(=O)C4SCCSC4C3O)ccc12. The molecule has 2 aliphatic rings. The van der Waals surface area contributed by atoms with Crippen LogP contribution in [0, 0.1) is 6.92 Å². The summed E-state index contributed by atoms with van der Waals surface area (Å²) in [5, 5.41) is 11.5. The number of pyridine rings is 2. The second-order valence-electron chi connectivity index (χ2n) is 5.55. The van der Waals surface area contributed by atoms with Crippen LogP contribution in [0.25, 0.3) is 11.0 Å². The number of halogens is 1. The quantitative estimate of drug-likeness (QED) is 0.781. The molecule has 1 amide bonds. The van der Waals surface area contributed by atoms with Gasteiger partial charge in [-0.3, -0.25) is 9.69 Å². The van der Waals surface area contributed by atoms with Crippen molar-refractivity contribution in [3.63, 3.8) is 0 Å². The number of aliphatic hydroxyl groups is 1. The number of rotatable bonds is 1. The number of aliphatic hydroxyl groups excluding tert-OH is 1. The second-order valence-corrected chi connectivity index (χ2v) is 8.47. The molecule has 3 atom stereocenters. The number of aryl methyl sites for hydroxylation is 1. The van der Waals surface area contributed by atoms with E-state index in [1.807, 2.05) is 13.0 Å². The minimum absolute atomic E-state index is 0.0784. The molecule has 2 aromatic rings. The van der Waals surface area contributed by atoms with Gasteiger partial charge in [-0.25, -0.2) is 9.97 Å². The third-order valence-electron chi connectivity index (χ3n) is 4.11. The van der Waals surface area contributed by atoms with Crippen LogP contribution in [0.2, 0.25) is 5.15 Å². The summed E-state index contributed by atoms with van der Waals surface area (Å²) in [7, 11) is 0. The highest BCUT2D eigenvalue weighted by atomic mass is 35.5. The van der Waals surface area contributed by atoms with E-state index in [0.29, 0.717) is 16.6 Å². The normalized spacial score (nSPS) is 27.5. The van der Waals surface area contributed by atoms with E-state index in [4.69, 9.17) is 11.6 Å². The third kappa shape index (κ3) is 2.50. The van der Waals surface area contributed by atoms with Crippen molar-refractivity contribution in [1.29, 1.82) is 0 Å². The number of fused-ring (bicyclic) bond motifs is 2. The molecule has 23 heavy (non-hydrogen) atoms. The van der Waals surface area contributed by atoms with E-state index in [1.165, 1.54) is 4.90 Å². The Hall–Kier alpha value is -1.02. The van der Waals surface area contributed by atoms with Crippen LogP contribution in [0.15, 0.2) is 18.2 Å². The number of thioether (sulfide) groups is 2. The molecule has 2 saturated heterocycles. The standard InChI is InChI=1S/C15H14ClN3O2S2/c1-7-6-9(16)17-13-8(7)2-3-10(18-13)19-14(20)11-12(15(19)21)23-5-4-22-11/h2-3,6,11-12,14,20H,4-5H2,1H3. The van der Waals surface area contributed by atoms with E-state index in [-0.39, 0.29) is 16.4 Å². The van der Waals surface area contributed by atoms with Gasteiger partial charge in [0.05, 0.1) is 5.25 Å². The number of carbonyl (C=O) groups is 1. The van der Waals surface area contributed by atoms with E-state index in [0.717, 1.165) is 22.5 Å². The molecule has 4 heterocycles. The first kappa shape index (κ1) is 15.5. The fourth-order valence-corrected chi connectivity index (χ4v) is 6.20. The van der Waals surface area contributed by atoms with E-state index in [9.17, 15) is 9.90 Å². The van der Waals surface area contributed by atoms with Crippen molar-refractivity contribution in [3.05, 3.63) is 28.9 Å². The van der Waals surface area contributed by atoms with Crippen LogP contribution in [0.5, 0.6) is 0 Å². The molecule has 2 aliphatic heterocycles. The Morgan fingerprint density at radius 1 is 1.30 bits per heavy atom. The van der Waals surface area contributed by atoms with Crippen LogP contribution in [-0.4, -0.2) is 49.2 Å². The van der Waals surface area contributed by atoms with Gasteiger partial charge in [0.1, 0.15) is 22.4 Å². The minimum Gasteiger partial charge on any atom is -0.372 e. The van der Waals surface area contributed by atoms with Crippen LogP contribution in [0.1, 0.15) is 5.56 Å². The molecular formula is C15H14ClN3O2S2. The highest BCUT2D eigenvalue weighted by Gasteiger charge is 2.50. The number of amides is 1. The van der Waals surface area contributed by atoms with Gasteiger partial charge in [-0.05, 0) is 30.7 Å². The van der Waals surface area contributed by atoms with Gasteiger partial charge in [0, 0.05) is 16.9 Å². The van der Waals surface area contributed by atoms with E-state index in [1.54, 1.807) is 35.7 Å². The first-order valence-corrected chi connectivity index (χ1v) is 9.72. The molecule has 8 heteroatoms. The van der Waals surface area contributed by atoms with Crippen LogP contribution >= 0.6 is 35.1 Å². The number of hydrogen-bond donors (Lipinski definition) is 1. The topological polar surface area (TPSA) is 66.3 Å². The monoisotopic (exact) mass is 367 g/mol. The Morgan fingerprint density at radius 2 is 2.09 bits per heavy atom. The zero-order valence-corrected chi connectivity index (χ0v) is 14.7. The molecule has 3 unspecified atom stereocenters. The lowest BCUT2D eigenvalue weighted by atomic mass is 10.2. The largest absolute Gasteiger partial charge is 0.372 e. The molecular weight excluding hydrogens is 354 g/mol. The molecule has 2 aromatic heterocycles. The first-order chi connectivity index (χ1) is 11.1. The molecule has 0 radical (unpaired) electrons. The van der Waals surface area contributed by atoms with Gasteiger partial charge in [-0.15, -0.1) is 11.8 Å². The maximum Gasteiger partial charge on any atom is 0.244 e. The summed E-state index contributed by atoms with van der Waals surface area (Å²) >= 11 is 9.28. The summed E-state index contributed by atoms with van der Waals surface area (Å²) in [4.78, 5) is 22.8. The number of hydrogen-bond acceptors (Lipinski definition) is 6. The van der Waals surface area contributed by atoms with Gasteiger partial charge in [0.15, 0.2) is 5.65 Å². The van der Waals surface area contributed by atoms with Crippen LogP contribution in [0.3, 0.4) is 0 Å². The van der Waals surface area contributed by atoms with E-state index >= 15 is 0 Å². The van der Waals surface area contributed by atoms with Crippen molar-refractivity contribution >= 4 is 57.9 Å². The maximum atomic E-state index is 12.7. The highest BCUT2D eigenvalue weighted by Crippen LogP contribution is 2.42. The predicted molar refractivity (Wildman–Crippen MR) is 95.3 cm³/mol. The Labute approximate surface area is 146 Å². The maximum absolute atomic E-state index is 12.7. The fraction of sp³-hybridized carbons (Fsp3) is 0.400. The van der Waals surface area contributed by atoms with Crippen molar-refractivity contribution in [1.82, 2.24) is 9.97 Å². The van der Waals surface area contributed by atoms with E-state index in [2.05, 4.69) is 9.97 Å². The van der Waals surface area contributed by atoms with Crippen LogP contribution in [0.4, 0.5) is 5.82 Å². The lowest BCUT2D eigenvalue weighted by Gasteiger charge is -2.24. The van der Waals surface area contributed by atoms with Crippen molar-refractivity contribution in [2.24, 2.45) is 0 Å². The van der Waals surface area contributed by atoms with Gasteiger partial charge in [0.2, 0.25) is 5.91 Å². The zero-order valence-electron chi connectivity index (χ0n) is 12.3. The van der Waals surface area contributed by atoms with Gasteiger partial charge in [-0.1, -0.05) is 11.6 Å². The summed E-state index contributed by atoms with van der Waals surface area (Å²) in [6.45, 7) is 1.94. The van der Waals surface area contributed by atoms with Crippen molar-refractivity contribution in [2.45, 2.75) is 23.7 Å². The van der Waals surface area contributed by atoms with Gasteiger partial charge in [0.25, 0.3) is 0 Å². The lowest BCUT2D eigenvalue weighted by Crippen LogP contribution is -2.36. The summed E-state index contributed by atoms with van der Waals surface area (Å²) < 4.78 is 0. The Morgan fingerprint density at radius 3 is 2.87 bits per heavy atom. The van der Waals surface area contributed by atoms with Crippen molar-refractivity contribution in [2.75, 3.05) is 16.4 Å². The fourth-order valence-electron chi connectivity index (χ4n) is 3.01. The number of aromatic nitrogens is 2. The molecule has 120 valence electrons. The molecule has 0 aromatic carbocycles. The number of nitrogens with zero attached hydrogens (tertiary/aromatic N) is 3. The molecule has 1 N–H and O–H groups in total. The predicted octanol–water partition coefficient (Wildman–Crippen LogP) is 2.47. The van der Waals surface area contributed by atoms with Gasteiger partial charge >= 0.3 is 0 Å². The molecule has 2 fully saturated rings. The Bertz CT molecular complexity index is 804. The molecule has 0 saturated carbocycles. The molecule has 0 spiro atoms. The second kappa shape index (κ2) is 5.81. The van der Waals surface area contributed by atoms with E-state index < -0.39 is 6.23 Å². The van der Waals surface area contributed by atoms with Gasteiger partial charge in [-0.2, -0.15) is 11.8 Å². The van der Waals surface area contributed by atoms with Crippen LogP contribution in [-0.2, 0) is 4.79 Å². The summed E-state index contributed by atoms with van der Waals surface area (Å²) in [5.74, 6) is 2.23. The average molecular weight is 368 g/mol. The Balaban J connectivity index is 1.78. The Kier molecular flexibility index (Phi) is 3.91. The molecule has 5 nitrogen and oxygen atoms in total. The zero-order chi connectivity index (χ0) is 16.1. The van der Waals surface area contributed by atoms with Crippen LogP contribution < -0.4 is 4.90 Å². The smallest absolute Gasteiger partial charge is 0.244 e. The minimum atomic E-state index is -0.851. The summed E-state index contributed by atoms with van der Waals surface area (Å²) in [6, 6.07) is 5.42. The van der Waals surface area contributed by atoms with Gasteiger partial charge < -0.3 is 5.11 Å². The number of carbonyl (C=O) groups excluding carboxylic acids is 1. The lowest BCUT2D eigenvalue weighted by molar-refractivity contribution is -0.117.